The molecule has 9 heteroatoms. The summed E-state index contributed by atoms with van der Waals surface area (Å²) in [5.41, 5.74) is 0.164. The highest BCUT2D eigenvalue weighted by atomic mass is 32.1. The van der Waals surface area contributed by atoms with Gasteiger partial charge >= 0.3 is 12.2 Å². The predicted octanol–water partition coefficient (Wildman–Crippen LogP) is 3.08. The normalized spacial score (nSPS) is 18.9. The molecule has 2 rings (SSSR count). The molecule has 0 aromatic carbocycles. The SMILES string of the molecule is CCCCCN1C(=O)NC(S)c2[nH]c(C(F)(F)F)nc21. The van der Waals surface area contributed by atoms with Crippen LogP contribution in [0.1, 0.15) is 43.1 Å². The topological polar surface area (TPSA) is 61.0 Å². The molecule has 2 amide bonds. The fourth-order valence-electron chi connectivity index (χ4n) is 2.00. The van der Waals surface area contributed by atoms with Crippen LogP contribution in [0, 0.1) is 0 Å². The zero-order chi connectivity index (χ0) is 14.9. The van der Waals surface area contributed by atoms with E-state index in [4.69, 9.17) is 0 Å². The number of hydrogen-bond donors (Lipinski definition) is 3. The van der Waals surface area contributed by atoms with Crippen molar-refractivity contribution in [3.63, 3.8) is 0 Å². The number of fused-ring (bicyclic) bond motifs is 1. The van der Waals surface area contributed by atoms with E-state index in [1.165, 1.54) is 4.90 Å². The van der Waals surface area contributed by atoms with E-state index in [1.54, 1.807) is 0 Å². The van der Waals surface area contributed by atoms with Crippen molar-refractivity contribution in [2.75, 3.05) is 11.4 Å². The lowest BCUT2D eigenvalue weighted by Gasteiger charge is -2.29. The average Bonchev–Trinajstić information content (AvgIpc) is 2.78. The van der Waals surface area contributed by atoms with Crippen LogP contribution in [0.3, 0.4) is 0 Å². The number of H-pyrrole nitrogens is 1. The lowest BCUT2D eigenvalue weighted by Crippen LogP contribution is -2.45. The van der Waals surface area contributed by atoms with Gasteiger partial charge in [0.2, 0.25) is 5.82 Å². The first kappa shape index (κ1) is 15.0. The fraction of sp³-hybridized carbons (Fsp3) is 0.636. The highest BCUT2D eigenvalue weighted by molar-refractivity contribution is 7.80. The second-order valence-corrected chi connectivity index (χ2v) is 5.05. The number of rotatable bonds is 4. The van der Waals surface area contributed by atoms with Gasteiger partial charge in [-0.05, 0) is 6.42 Å². The number of anilines is 1. The van der Waals surface area contributed by atoms with E-state index < -0.39 is 23.4 Å². The molecule has 1 aromatic rings. The van der Waals surface area contributed by atoms with Gasteiger partial charge in [0.15, 0.2) is 5.82 Å². The summed E-state index contributed by atoms with van der Waals surface area (Å²) in [6, 6.07) is -0.478. The van der Waals surface area contributed by atoms with Crippen molar-refractivity contribution in [2.45, 2.75) is 37.7 Å². The lowest BCUT2D eigenvalue weighted by molar-refractivity contribution is -0.144. The fourth-order valence-corrected chi connectivity index (χ4v) is 2.29. The molecule has 112 valence electrons. The number of halogens is 3. The molecular formula is C11H15F3N4OS. The summed E-state index contributed by atoms with van der Waals surface area (Å²) in [4.78, 5) is 18.8. The number of alkyl halides is 3. The standard InChI is InChI=1S/C11H15F3N4OS/c1-2-3-4-5-18-7-6(8(20)17-10(18)19)15-9(16-7)11(12,13)14/h8,20H,2-5H2,1H3,(H,15,16)(H,17,19). The molecule has 20 heavy (non-hydrogen) atoms. The van der Waals surface area contributed by atoms with Crippen LogP contribution in [-0.2, 0) is 6.18 Å². The van der Waals surface area contributed by atoms with E-state index in [2.05, 4.69) is 27.9 Å². The van der Waals surface area contributed by atoms with Crippen LogP contribution in [0.2, 0.25) is 0 Å². The number of nitrogens with one attached hydrogen (secondary N) is 2. The van der Waals surface area contributed by atoms with Gasteiger partial charge in [0.25, 0.3) is 0 Å². The van der Waals surface area contributed by atoms with Gasteiger partial charge in [-0.1, -0.05) is 19.8 Å². The van der Waals surface area contributed by atoms with Crippen LogP contribution in [0.5, 0.6) is 0 Å². The monoisotopic (exact) mass is 308 g/mol. The first-order valence-electron chi connectivity index (χ1n) is 6.27. The molecule has 5 nitrogen and oxygen atoms in total. The van der Waals surface area contributed by atoms with Crippen molar-refractivity contribution in [1.29, 1.82) is 0 Å². The molecule has 0 bridgehead atoms. The molecule has 0 saturated carbocycles. The van der Waals surface area contributed by atoms with Crippen LogP contribution >= 0.6 is 12.6 Å². The summed E-state index contributed by atoms with van der Waals surface area (Å²) in [5.74, 6) is -1.10. The van der Waals surface area contributed by atoms with Gasteiger partial charge in [-0.2, -0.15) is 13.2 Å². The number of unbranched alkanes of at least 4 members (excludes halogenated alkanes) is 2. The van der Waals surface area contributed by atoms with E-state index in [0.29, 0.717) is 13.0 Å². The quantitative estimate of drug-likeness (QED) is 0.591. The third kappa shape index (κ3) is 2.87. The van der Waals surface area contributed by atoms with Crippen LogP contribution in [-0.4, -0.2) is 22.5 Å². The smallest absolute Gasteiger partial charge is 0.334 e. The largest absolute Gasteiger partial charge is 0.449 e. The van der Waals surface area contributed by atoms with Gasteiger partial charge in [0, 0.05) is 6.54 Å². The number of carbonyl (C=O) groups excluding carboxylic acids is 1. The molecule has 2 heterocycles. The second kappa shape index (κ2) is 5.55. The first-order valence-corrected chi connectivity index (χ1v) is 6.79. The number of imidazole rings is 1. The molecule has 0 radical (unpaired) electrons. The maximum absolute atomic E-state index is 12.7. The van der Waals surface area contributed by atoms with Crippen molar-refractivity contribution >= 4 is 24.5 Å². The van der Waals surface area contributed by atoms with Gasteiger partial charge in [-0.25, -0.2) is 9.78 Å². The summed E-state index contributed by atoms with van der Waals surface area (Å²) >= 11 is 4.06. The molecule has 1 aromatic heterocycles. The number of hydrogen-bond acceptors (Lipinski definition) is 3. The van der Waals surface area contributed by atoms with Crippen LogP contribution in [0.25, 0.3) is 0 Å². The highest BCUT2D eigenvalue weighted by Gasteiger charge is 2.40. The minimum atomic E-state index is -4.58. The molecule has 0 aliphatic carbocycles. The van der Waals surface area contributed by atoms with Crippen molar-refractivity contribution in [3.8, 4) is 0 Å². The third-order valence-corrected chi connectivity index (χ3v) is 3.39. The van der Waals surface area contributed by atoms with Crippen LogP contribution < -0.4 is 10.2 Å². The number of amides is 2. The van der Waals surface area contributed by atoms with Crippen molar-refractivity contribution in [3.05, 3.63) is 11.5 Å². The Hall–Kier alpha value is -1.38. The van der Waals surface area contributed by atoms with E-state index in [1.807, 2.05) is 6.92 Å². The number of thiol groups is 1. The molecule has 1 atom stereocenters. The van der Waals surface area contributed by atoms with Crippen molar-refractivity contribution < 1.29 is 18.0 Å². The zero-order valence-corrected chi connectivity index (χ0v) is 11.7. The number of urea groups is 1. The van der Waals surface area contributed by atoms with Gasteiger partial charge in [-0.15, -0.1) is 12.6 Å². The summed E-state index contributed by atoms with van der Waals surface area (Å²) in [6.07, 6.45) is -2.04. The molecule has 1 unspecified atom stereocenters. The van der Waals surface area contributed by atoms with Crippen LogP contribution in [0.15, 0.2) is 0 Å². The highest BCUT2D eigenvalue weighted by Crippen LogP contribution is 2.36. The number of carbonyl (C=O) groups is 1. The molecule has 1 aliphatic rings. The predicted molar refractivity (Wildman–Crippen MR) is 70.7 cm³/mol. The van der Waals surface area contributed by atoms with Crippen molar-refractivity contribution in [2.24, 2.45) is 0 Å². The minimum Gasteiger partial charge on any atom is -0.334 e. The Balaban J connectivity index is 2.30. The van der Waals surface area contributed by atoms with Gasteiger partial charge in [-0.3, -0.25) is 4.90 Å². The zero-order valence-electron chi connectivity index (χ0n) is 10.8. The first-order chi connectivity index (χ1) is 9.34. The molecule has 0 fully saturated rings. The lowest BCUT2D eigenvalue weighted by atomic mass is 10.2. The number of aromatic nitrogens is 2. The Morgan fingerprint density at radius 1 is 1.40 bits per heavy atom. The molecule has 1 aliphatic heterocycles. The molecule has 2 N–H and O–H groups in total. The van der Waals surface area contributed by atoms with Gasteiger partial charge in [0.1, 0.15) is 5.37 Å². The average molecular weight is 308 g/mol. The summed E-state index contributed by atoms with van der Waals surface area (Å²) in [6.45, 7) is 2.33. The molecular weight excluding hydrogens is 293 g/mol. The summed E-state index contributed by atoms with van der Waals surface area (Å²) < 4.78 is 38.1. The Kier molecular flexibility index (Phi) is 4.17. The van der Waals surface area contributed by atoms with E-state index in [0.717, 1.165) is 12.8 Å². The van der Waals surface area contributed by atoms with Crippen LogP contribution in [0.4, 0.5) is 23.8 Å². The van der Waals surface area contributed by atoms with E-state index in [9.17, 15) is 18.0 Å². The molecule has 0 spiro atoms. The maximum Gasteiger partial charge on any atom is 0.449 e. The number of aromatic amines is 1. The van der Waals surface area contributed by atoms with E-state index in [-0.39, 0.29) is 11.5 Å². The van der Waals surface area contributed by atoms with E-state index >= 15 is 0 Å². The molecule has 0 saturated heterocycles. The summed E-state index contributed by atoms with van der Waals surface area (Å²) in [5, 5.41) is 1.67. The Morgan fingerprint density at radius 2 is 2.10 bits per heavy atom. The maximum atomic E-state index is 12.7. The number of nitrogens with zero attached hydrogens (tertiary/aromatic N) is 2. The van der Waals surface area contributed by atoms with Crippen molar-refractivity contribution in [1.82, 2.24) is 15.3 Å². The summed E-state index contributed by atoms with van der Waals surface area (Å²) in [7, 11) is 0. The van der Waals surface area contributed by atoms with Gasteiger partial charge in [0.05, 0.1) is 5.69 Å². The Labute approximate surface area is 119 Å². The van der Waals surface area contributed by atoms with Gasteiger partial charge < -0.3 is 10.3 Å². The second-order valence-electron chi connectivity index (χ2n) is 4.53. The minimum absolute atomic E-state index is 0.0113. The Bertz CT molecular complexity index is 502. The third-order valence-electron chi connectivity index (χ3n) is 3.00. The Morgan fingerprint density at radius 3 is 2.70 bits per heavy atom.